The first-order valence-corrected chi connectivity index (χ1v) is 8.19. The van der Waals surface area contributed by atoms with Gasteiger partial charge in [0.25, 0.3) is 0 Å². The fourth-order valence-corrected chi connectivity index (χ4v) is 3.14. The maximum absolute atomic E-state index is 11.1. The molecule has 0 radical (unpaired) electrons. The van der Waals surface area contributed by atoms with Gasteiger partial charge >= 0.3 is 5.97 Å². The first kappa shape index (κ1) is 15.5. The summed E-state index contributed by atoms with van der Waals surface area (Å²) in [6.45, 7) is 1.94. The van der Waals surface area contributed by atoms with E-state index in [4.69, 9.17) is 5.11 Å². The molecule has 0 unspecified atom stereocenters. The Morgan fingerprint density at radius 2 is 2.04 bits per heavy atom. The summed E-state index contributed by atoms with van der Waals surface area (Å²) in [6.07, 6.45) is 12.6. The lowest BCUT2D eigenvalue weighted by Crippen LogP contribution is -2.10. The topological polar surface area (TPSA) is 54.6 Å². The Morgan fingerprint density at radius 3 is 2.78 bits per heavy atom. The molecule has 4 heteroatoms. The van der Waals surface area contributed by atoms with E-state index < -0.39 is 5.97 Å². The van der Waals surface area contributed by atoms with Crippen LogP contribution in [0.3, 0.4) is 0 Å². The minimum Gasteiger partial charge on any atom is -0.478 e. The normalized spacial score (nSPS) is 16.0. The summed E-state index contributed by atoms with van der Waals surface area (Å²) in [6, 6.07) is 7.70. The molecule has 1 fully saturated rings. The molecular weight excluding hydrogens is 288 g/mol. The molecule has 0 aliphatic heterocycles. The van der Waals surface area contributed by atoms with Crippen molar-refractivity contribution in [3.05, 3.63) is 53.3 Å². The van der Waals surface area contributed by atoms with Crippen LogP contribution in [-0.2, 0) is 0 Å². The van der Waals surface area contributed by atoms with Gasteiger partial charge in [0.1, 0.15) is 0 Å². The summed E-state index contributed by atoms with van der Waals surface area (Å²) < 4.78 is 2.29. The van der Waals surface area contributed by atoms with Crippen molar-refractivity contribution < 1.29 is 9.90 Å². The van der Waals surface area contributed by atoms with Crippen LogP contribution >= 0.6 is 0 Å². The molecule has 4 nitrogen and oxygen atoms in total. The Labute approximate surface area is 136 Å². The lowest BCUT2D eigenvalue weighted by molar-refractivity contribution is 0.0697. The van der Waals surface area contributed by atoms with E-state index >= 15 is 0 Å². The molecule has 1 aromatic heterocycles. The van der Waals surface area contributed by atoms with Crippen molar-refractivity contribution in [3.63, 3.8) is 0 Å². The first-order chi connectivity index (χ1) is 11.1. The highest BCUT2D eigenvalue weighted by Crippen LogP contribution is 2.28. The van der Waals surface area contributed by atoms with Crippen LogP contribution in [0.5, 0.6) is 0 Å². The molecule has 120 valence electrons. The second-order valence-corrected chi connectivity index (χ2v) is 6.25. The Hall–Kier alpha value is -2.36. The van der Waals surface area contributed by atoms with Crippen LogP contribution < -0.4 is 0 Å². The zero-order chi connectivity index (χ0) is 16.2. The number of aromatic nitrogens is 1. The number of nitrogens with zero attached hydrogens (tertiary/aromatic N) is 2. The fourth-order valence-electron chi connectivity index (χ4n) is 3.14. The first-order valence-electron chi connectivity index (χ1n) is 8.19. The molecular formula is C19H22N2O2. The second kappa shape index (κ2) is 6.82. The lowest BCUT2D eigenvalue weighted by atomic mass is 9.95. The number of carboxylic acids is 1. The van der Waals surface area contributed by atoms with Crippen LogP contribution in [0.4, 0.5) is 5.69 Å². The molecule has 1 saturated carbocycles. The van der Waals surface area contributed by atoms with Crippen LogP contribution in [0, 0.1) is 6.92 Å². The molecule has 0 atom stereocenters. The third-order valence-corrected chi connectivity index (χ3v) is 4.54. The zero-order valence-electron chi connectivity index (χ0n) is 13.4. The van der Waals surface area contributed by atoms with Gasteiger partial charge in [-0.15, -0.1) is 0 Å². The standard InChI is InChI=1S/C19H22N2O2/c1-14-7-8-16(19(22)23)11-18(14)20-12-15-9-10-21(13-15)17-5-3-2-4-6-17/h7-13,17H,2-6H2,1H3,(H,22,23). The molecule has 1 aliphatic carbocycles. The van der Waals surface area contributed by atoms with E-state index in [-0.39, 0.29) is 5.56 Å². The minimum absolute atomic E-state index is 0.266. The zero-order valence-corrected chi connectivity index (χ0v) is 13.4. The Balaban J connectivity index is 1.76. The van der Waals surface area contributed by atoms with Gasteiger partial charge < -0.3 is 9.67 Å². The van der Waals surface area contributed by atoms with Crippen molar-refractivity contribution in [1.29, 1.82) is 0 Å². The molecule has 3 rings (SSSR count). The van der Waals surface area contributed by atoms with E-state index in [0.717, 1.165) is 11.1 Å². The molecule has 0 saturated heterocycles. The lowest BCUT2D eigenvalue weighted by Gasteiger charge is -2.23. The highest BCUT2D eigenvalue weighted by Gasteiger charge is 2.14. The van der Waals surface area contributed by atoms with Crippen molar-refractivity contribution in [3.8, 4) is 0 Å². The van der Waals surface area contributed by atoms with E-state index in [1.165, 1.54) is 32.1 Å². The van der Waals surface area contributed by atoms with Crippen LogP contribution in [0.2, 0.25) is 0 Å². The van der Waals surface area contributed by atoms with E-state index in [1.807, 2.05) is 13.1 Å². The summed E-state index contributed by atoms with van der Waals surface area (Å²) in [5.74, 6) is -0.926. The van der Waals surface area contributed by atoms with Gasteiger partial charge in [0, 0.05) is 30.2 Å². The number of benzene rings is 1. The van der Waals surface area contributed by atoms with Gasteiger partial charge in [-0.05, 0) is 43.5 Å². The summed E-state index contributed by atoms with van der Waals surface area (Å²) >= 11 is 0. The predicted octanol–water partition coefficient (Wildman–Crippen LogP) is 4.75. The van der Waals surface area contributed by atoms with Crippen molar-refractivity contribution in [2.75, 3.05) is 0 Å². The Kier molecular flexibility index (Phi) is 4.60. The third kappa shape index (κ3) is 3.70. The molecule has 0 bridgehead atoms. The number of aromatic carboxylic acids is 1. The number of aliphatic imine (C=N–C) groups is 1. The van der Waals surface area contributed by atoms with Crippen molar-refractivity contribution in [1.82, 2.24) is 4.57 Å². The number of aryl methyl sites for hydroxylation is 1. The van der Waals surface area contributed by atoms with Gasteiger partial charge in [0.2, 0.25) is 0 Å². The van der Waals surface area contributed by atoms with Gasteiger partial charge in [-0.25, -0.2) is 4.79 Å². The smallest absolute Gasteiger partial charge is 0.335 e. The maximum atomic E-state index is 11.1. The molecule has 2 aromatic rings. The van der Waals surface area contributed by atoms with E-state index in [2.05, 4.69) is 28.0 Å². The Morgan fingerprint density at radius 1 is 1.26 bits per heavy atom. The second-order valence-electron chi connectivity index (χ2n) is 6.25. The quantitative estimate of drug-likeness (QED) is 0.828. The number of carbonyl (C=O) groups is 1. The third-order valence-electron chi connectivity index (χ3n) is 4.54. The highest BCUT2D eigenvalue weighted by atomic mass is 16.4. The number of rotatable bonds is 4. The fraction of sp³-hybridized carbons (Fsp3) is 0.368. The van der Waals surface area contributed by atoms with Crippen LogP contribution in [0.15, 0.2) is 41.7 Å². The van der Waals surface area contributed by atoms with E-state index in [9.17, 15) is 4.79 Å². The molecule has 1 aromatic carbocycles. The molecule has 1 heterocycles. The van der Waals surface area contributed by atoms with Crippen LogP contribution in [-0.4, -0.2) is 21.9 Å². The van der Waals surface area contributed by atoms with E-state index in [1.54, 1.807) is 18.2 Å². The Bertz CT molecular complexity index is 725. The summed E-state index contributed by atoms with van der Waals surface area (Å²) in [4.78, 5) is 15.5. The average molecular weight is 310 g/mol. The number of hydrogen-bond donors (Lipinski definition) is 1. The molecule has 23 heavy (non-hydrogen) atoms. The van der Waals surface area contributed by atoms with Gasteiger partial charge in [-0.2, -0.15) is 0 Å². The molecule has 1 aliphatic rings. The van der Waals surface area contributed by atoms with Crippen LogP contribution in [0.25, 0.3) is 0 Å². The predicted molar refractivity (Wildman–Crippen MR) is 91.9 cm³/mol. The van der Waals surface area contributed by atoms with Crippen molar-refractivity contribution in [2.24, 2.45) is 4.99 Å². The number of carboxylic acid groups (broad SMARTS) is 1. The average Bonchev–Trinajstić information content (AvgIpc) is 3.03. The summed E-state index contributed by atoms with van der Waals surface area (Å²) in [5, 5.41) is 9.08. The van der Waals surface area contributed by atoms with Gasteiger partial charge in [-0.1, -0.05) is 25.3 Å². The molecule has 0 amide bonds. The maximum Gasteiger partial charge on any atom is 0.335 e. The van der Waals surface area contributed by atoms with Crippen molar-refractivity contribution >= 4 is 17.9 Å². The minimum atomic E-state index is -0.926. The van der Waals surface area contributed by atoms with Gasteiger partial charge in [0.15, 0.2) is 0 Å². The van der Waals surface area contributed by atoms with Gasteiger partial charge in [0.05, 0.1) is 11.3 Å². The van der Waals surface area contributed by atoms with E-state index in [0.29, 0.717) is 11.7 Å². The summed E-state index contributed by atoms with van der Waals surface area (Å²) in [5.41, 5.74) is 2.99. The SMILES string of the molecule is Cc1ccc(C(=O)O)cc1N=Cc1ccn(C2CCCCC2)c1. The van der Waals surface area contributed by atoms with Gasteiger partial charge in [-0.3, -0.25) is 4.99 Å². The van der Waals surface area contributed by atoms with Crippen LogP contribution in [0.1, 0.15) is 59.6 Å². The van der Waals surface area contributed by atoms with Crippen molar-refractivity contribution in [2.45, 2.75) is 45.1 Å². The summed E-state index contributed by atoms with van der Waals surface area (Å²) in [7, 11) is 0. The number of hydrogen-bond acceptors (Lipinski definition) is 2. The molecule has 0 spiro atoms. The molecule has 1 N–H and O–H groups in total. The highest BCUT2D eigenvalue weighted by molar-refractivity contribution is 5.89. The largest absolute Gasteiger partial charge is 0.478 e. The monoisotopic (exact) mass is 310 g/mol.